The van der Waals surface area contributed by atoms with Crippen LogP contribution in [0.1, 0.15) is 10.4 Å². The van der Waals surface area contributed by atoms with Crippen molar-refractivity contribution in [3.05, 3.63) is 78.4 Å². The van der Waals surface area contributed by atoms with E-state index < -0.39 is 16.0 Å². The number of carboxylic acid groups (broad SMARTS) is 1. The number of carbonyl (C=O) groups is 1. The molecule has 3 aromatic rings. The van der Waals surface area contributed by atoms with Crippen molar-refractivity contribution in [2.45, 2.75) is 4.90 Å². The molecular formula is C20H16NO5S-. The highest BCUT2D eigenvalue weighted by atomic mass is 32.2. The zero-order valence-electron chi connectivity index (χ0n) is 14.4. The molecule has 6 nitrogen and oxygen atoms in total. The van der Waals surface area contributed by atoms with Gasteiger partial charge in [-0.3, -0.25) is 4.72 Å². The van der Waals surface area contributed by atoms with Crippen LogP contribution < -0.4 is 14.6 Å². The Balaban J connectivity index is 1.91. The zero-order valence-corrected chi connectivity index (χ0v) is 15.2. The molecule has 0 aromatic heterocycles. The molecule has 0 aliphatic heterocycles. The van der Waals surface area contributed by atoms with E-state index in [4.69, 9.17) is 4.74 Å². The molecule has 0 radical (unpaired) electrons. The standard InChI is InChI=1S/C20H17NO5S/c1-26-18-12-9-16(20(22)23)13-19(18)27(24,25)21-17-10-7-15(8-11-17)14-5-3-2-4-6-14/h2-13,21H,1H3,(H,22,23)/p-1. The normalized spacial score (nSPS) is 11.0. The molecule has 0 saturated heterocycles. The number of methoxy groups -OCH3 is 1. The Morgan fingerprint density at radius 2 is 1.56 bits per heavy atom. The molecule has 1 N–H and O–H groups in total. The molecule has 0 saturated carbocycles. The van der Waals surface area contributed by atoms with E-state index in [1.807, 2.05) is 30.3 Å². The Kier molecular flexibility index (Phi) is 5.14. The van der Waals surface area contributed by atoms with Crippen LogP contribution in [0.25, 0.3) is 11.1 Å². The van der Waals surface area contributed by atoms with Crippen LogP contribution >= 0.6 is 0 Å². The van der Waals surface area contributed by atoms with Gasteiger partial charge in [-0.1, -0.05) is 42.5 Å². The first-order chi connectivity index (χ1) is 12.9. The molecule has 138 valence electrons. The average Bonchev–Trinajstić information content (AvgIpc) is 2.68. The summed E-state index contributed by atoms with van der Waals surface area (Å²) in [6.45, 7) is 0. The lowest BCUT2D eigenvalue weighted by molar-refractivity contribution is -0.255. The quantitative estimate of drug-likeness (QED) is 0.707. The maximum Gasteiger partial charge on any atom is 0.265 e. The highest BCUT2D eigenvalue weighted by Gasteiger charge is 2.20. The van der Waals surface area contributed by atoms with E-state index in [0.29, 0.717) is 5.69 Å². The number of anilines is 1. The molecule has 3 rings (SSSR count). The second-order valence-corrected chi connectivity index (χ2v) is 7.35. The number of nitrogens with one attached hydrogen (secondary N) is 1. The fraction of sp³-hybridized carbons (Fsp3) is 0.0500. The summed E-state index contributed by atoms with van der Waals surface area (Å²) in [6, 6.07) is 20.0. The van der Waals surface area contributed by atoms with E-state index >= 15 is 0 Å². The van der Waals surface area contributed by atoms with Crippen LogP contribution in [-0.2, 0) is 10.0 Å². The van der Waals surface area contributed by atoms with Crippen molar-refractivity contribution in [2.24, 2.45) is 0 Å². The van der Waals surface area contributed by atoms with Crippen LogP contribution in [0.5, 0.6) is 5.75 Å². The van der Waals surface area contributed by atoms with Gasteiger partial charge >= 0.3 is 0 Å². The Labute approximate surface area is 157 Å². The third-order valence-corrected chi connectivity index (χ3v) is 5.34. The number of aromatic carboxylic acids is 1. The molecule has 0 unspecified atom stereocenters. The molecule has 0 atom stereocenters. The van der Waals surface area contributed by atoms with Crippen molar-refractivity contribution >= 4 is 21.7 Å². The maximum atomic E-state index is 12.7. The van der Waals surface area contributed by atoms with Crippen LogP contribution in [0.3, 0.4) is 0 Å². The molecule has 3 aromatic carbocycles. The van der Waals surface area contributed by atoms with Gasteiger partial charge in [0.25, 0.3) is 10.0 Å². The topological polar surface area (TPSA) is 95.5 Å². The van der Waals surface area contributed by atoms with E-state index in [0.717, 1.165) is 17.2 Å². The van der Waals surface area contributed by atoms with Crippen LogP contribution in [-0.4, -0.2) is 21.5 Å². The summed E-state index contributed by atoms with van der Waals surface area (Å²) in [5, 5.41) is 11.0. The van der Waals surface area contributed by atoms with Crippen LogP contribution in [0.2, 0.25) is 0 Å². The summed E-state index contributed by atoms with van der Waals surface area (Å²) in [6.07, 6.45) is 0. The summed E-state index contributed by atoms with van der Waals surface area (Å²) in [7, 11) is -2.75. The van der Waals surface area contributed by atoms with Gasteiger partial charge in [0.15, 0.2) is 0 Å². The highest BCUT2D eigenvalue weighted by molar-refractivity contribution is 7.92. The smallest absolute Gasteiger partial charge is 0.265 e. The van der Waals surface area contributed by atoms with Crippen molar-refractivity contribution < 1.29 is 23.1 Å². The number of hydrogen-bond acceptors (Lipinski definition) is 5. The second-order valence-electron chi connectivity index (χ2n) is 5.70. The van der Waals surface area contributed by atoms with Gasteiger partial charge in [-0.25, -0.2) is 8.42 Å². The average molecular weight is 382 g/mol. The fourth-order valence-corrected chi connectivity index (χ4v) is 3.84. The number of hydrogen-bond donors (Lipinski definition) is 1. The van der Waals surface area contributed by atoms with E-state index in [2.05, 4.69) is 4.72 Å². The largest absolute Gasteiger partial charge is 0.545 e. The SMILES string of the molecule is COc1ccc(C(=O)[O-])cc1S(=O)(=O)Nc1ccc(-c2ccccc2)cc1. The van der Waals surface area contributed by atoms with E-state index in [9.17, 15) is 18.3 Å². The van der Waals surface area contributed by atoms with Gasteiger partial charge in [-0.05, 0) is 47.0 Å². The molecule has 0 aliphatic rings. The van der Waals surface area contributed by atoms with Gasteiger partial charge in [0, 0.05) is 5.69 Å². The summed E-state index contributed by atoms with van der Waals surface area (Å²) in [4.78, 5) is 10.8. The lowest BCUT2D eigenvalue weighted by Crippen LogP contribution is -2.23. The molecule has 0 heterocycles. The molecule has 7 heteroatoms. The fourth-order valence-electron chi connectivity index (χ4n) is 2.59. The first-order valence-electron chi connectivity index (χ1n) is 7.98. The van der Waals surface area contributed by atoms with Gasteiger partial charge in [0.2, 0.25) is 0 Å². The molecule has 0 bridgehead atoms. The van der Waals surface area contributed by atoms with Crippen LogP contribution in [0.15, 0.2) is 77.7 Å². The van der Waals surface area contributed by atoms with Gasteiger partial charge < -0.3 is 14.6 Å². The molecule has 0 spiro atoms. The van der Waals surface area contributed by atoms with E-state index in [1.54, 1.807) is 24.3 Å². The van der Waals surface area contributed by atoms with Crippen molar-refractivity contribution in [2.75, 3.05) is 11.8 Å². The van der Waals surface area contributed by atoms with E-state index in [1.165, 1.54) is 19.2 Å². The first-order valence-corrected chi connectivity index (χ1v) is 9.47. The molecule has 27 heavy (non-hydrogen) atoms. The minimum atomic E-state index is -4.06. The molecule has 0 amide bonds. The lowest BCUT2D eigenvalue weighted by atomic mass is 10.1. The van der Waals surface area contributed by atoms with Crippen molar-refractivity contribution in [1.82, 2.24) is 0 Å². The number of carbonyl (C=O) groups excluding carboxylic acids is 1. The van der Waals surface area contributed by atoms with Crippen molar-refractivity contribution in [3.63, 3.8) is 0 Å². The summed E-state index contributed by atoms with van der Waals surface area (Å²) < 4.78 is 32.9. The van der Waals surface area contributed by atoms with Gasteiger partial charge in [-0.15, -0.1) is 0 Å². The Morgan fingerprint density at radius 3 is 2.15 bits per heavy atom. The van der Waals surface area contributed by atoms with Crippen molar-refractivity contribution in [3.8, 4) is 16.9 Å². The second kappa shape index (κ2) is 7.51. The van der Waals surface area contributed by atoms with Crippen molar-refractivity contribution in [1.29, 1.82) is 0 Å². The van der Waals surface area contributed by atoms with Crippen LogP contribution in [0, 0.1) is 0 Å². The Morgan fingerprint density at radius 1 is 0.926 bits per heavy atom. The van der Waals surface area contributed by atoms with Gasteiger partial charge in [0.05, 0.1) is 13.1 Å². The van der Waals surface area contributed by atoms with Gasteiger partial charge in [0.1, 0.15) is 10.6 Å². The first kappa shape index (κ1) is 18.5. The molecule has 0 aliphatic carbocycles. The summed E-state index contributed by atoms with van der Waals surface area (Å²) >= 11 is 0. The number of carboxylic acids is 1. The number of ether oxygens (including phenoxy) is 1. The molecular weight excluding hydrogens is 366 g/mol. The monoisotopic (exact) mass is 382 g/mol. The number of benzene rings is 3. The predicted molar refractivity (Wildman–Crippen MR) is 100 cm³/mol. The minimum Gasteiger partial charge on any atom is -0.545 e. The van der Waals surface area contributed by atoms with Crippen LogP contribution in [0.4, 0.5) is 5.69 Å². The van der Waals surface area contributed by atoms with Gasteiger partial charge in [-0.2, -0.15) is 0 Å². The number of rotatable bonds is 6. The zero-order chi connectivity index (χ0) is 19.4. The maximum absolute atomic E-state index is 12.7. The Hall–Kier alpha value is -3.32. The molecule has 0 fully saturated rings. The number of sulfonamides is 1. The highest BCUT2D eigenvalue weighted by Crippen LogP contribution is 2.28. The predicted octanol–water partition coefficient (Wildman–Crippen LogP) is 2.53. The summed E-state index contributed by atoms with van der Waals surface area (Å²) in [5.74, 6) is -1.44. The third kappa shape index (κ3) is 4.09. The third-order valence-electron chi connectivity index (χ3n) is 3.93. The Bertz CT molecular complexity index is 1060. The van der Waals surface area contributed by atoms with E-state index in [-0.39, 0.29) is 16.2 Å². The minimum absolute atomic E-state index is 0.0356. The lowest BCUT2D eigenvalue weighted by Gasteiger charge is -2.14. The summed E-state index contributed by atoms with van der Waals surface area (Å²) in [5.41, 5.74) is 2.04.